The van der Waals surface area contributed by atoms with Crippen molar-refractivity contribution in [3.05, 3.63) is 127 Å². The molecule has 0 bridgehead atoms. The first-order chi connectivity index (χ1) is 25.2. The molecule has 3 N–H and O–H groups in total. The fourth-order valence-electron chi connectivity index (χ4n) is 6.03. The van der Waals surface area contributed by atoms with E-state index in [9.17, 15) is 16.8 Å². The van der Waals surface area contributed by atoms with Gasteiger partial charge in [-0.2, -0.15) is 0 Å². The molecule has 274 valence electrons. The van der Waals surface area contributed by atoms with E-state index in [1.807, 2.05) is 36.4 Å². The van der Waals surface area contributed by atoms with Crippen LogP contribution in [-0.2, 0) is 35.6 Å². The molecular weight excluding hydrogens is 697 g/mol. The summed E-state index contributed by atoms with van der Waals surface area (Å²) >= 11 is 0. The number of aliphatic hydroxyl groups is 1. The number of sulfone groups is 2. The number of aromatic amines is 2. The minimum absolute atomic E-state index is 0.0187. The smallest absolute Gasteiger partial charge is 0.208 e. The van der Waals surface area contributed by atoms with Gasteiger partial charge in [-0.1, -0.05) is 73.3 Å². The van der Waals surface area contributed by atoms with Gasteiger partial charge in [-0.25, -0.2) is 16.8 Å². The first kappa shape index (κ1) is 38.7. The molecule has 1 unspecified atom stereocenters. The van der Waals surface area contributed by atoms with E-state index in [-0.39, 0.29) is 21.3 Å². The topological polar surface area (TPSA) is 139 Å². The van der Waals surface area contributed by atoms with E-state index in [2.05, 4.69) is 23.5 Å². The zero-order valence-electron chi connectivity index (χ0n) is 29.3. The number of hydrogen-bond acceptors (Lipinski definition) is 7. The van der Waals surface area contributed by atoms with Gasteiger partial charge in [0.05, 0.1) is 25.7 Å². The van der Waals surface area contributed by atoms with Crippen molar-refractivity contribution in [3.63, 3.8) is 0 Å². The third-order valence-electron chi connectivity index (χ3n) is 8.73. The molecule has 2 aromatic heterocycles. The third-order valence-corrected chi connectivity index (χ3v) is 12.3. The summed E-state index contributed by atoms with van der Waals surface area (Å²) in [6.45, 7) is 8.83. The van der Waals surface area contributed by atoms with Crippen LogP contribution < -0.4 is 0 Å². The van der Waals surface area contributed by atoms with Gasteiger partial charge in [0.25, 0.3) is 0 Å². The Bertz CT molecular complexity index is 2250. The molecule has 2 aliphatic heterocycles. The molecule has 11 heteroatoms. The number of H-pyrrole nitrogens is 2. The molecule has 8 rings (SSSR count). The molecule has 9 nitrogen and oxygen atoms in total. The second-order valence-electron chi connectivity index (χ2n) is 12.4. The van der Waals surface area contributed by atoms with E-state index in [4.69, 9.17) is 14.6 Å². The Kier molecular flexibility index (Phi) is 13.6. The molecule has 0 amide bonds. The van der Waals surface area contributed by atoms with Crippen molar-refractivity contribution in [2.45, 2.75) is 64.7 Å². The maximum Gasteiger partial charge on any atom is 0.208 e. The summed E-state index contributed by atoms with van der Waals surface area (Å²) in [5.74, 6) is 0. The van der Waals surface area contributed by atoms with Crippen LogP contribution in [0.4, 0.5) is 0 Å². The van der Waals surface area contributed by atoms with Gasteiger partial charge in [0.1, 0.15) is 0 Å². The zero-order valence-corrected chi connectivity index (χ0v) is 31.0. The summed E-state index contributed by atoms with van der Waals surface area (Å²) in [6, 6.07) is 27.9. The Morgan fingerprint density at radius 1 is 0.712 bits per heavy atom. The lowest BCUT2D eigenvalue weighted by atomic mass is 10.1. The summed E-state index contributed by atoms with van der Waals surface area (Å²) in [5, 5.41) is 10.5. The largest absolute Gasteiger partial charge is 0.396 e. The van der Waals surface area contributed by atoms with Crippen LogP contribution in [0, 0.1) is 0 Å². The molecule has 52 heavy (non-hydrogen) atoms. The van der Waals surface area contributed by atoms with Gasteiger partial charge in [0.2, 0.25) is 19.7 Å². The Hall–Kier alpha value is -4.52. The Morgan fingerprint density at radius 2 is 1.25 bits per heavy atom. The van der Waals surface area contributed by atoms with E-state index in [0.29, 0.717) is 28.2 Å². The van der Waals surface area contributed by atoms with Crippen LogP contribution in [-0.4, -0.2) is 64.4 Å². The molecule has 2 aliphatic rings. The highest BCUT2D eigenvalue weighted by Gasteiger charge is 2.24. The average Bonchev–Trinajstić information content (AvgIpc) is 4.02. The molecule has 0 aliphatic carbocycles. The quantitative estimate of drug-likeness (QED) is 0.150. The lowest BCUT2D eigenvalue weighted by Crippen LogP contribution is -2.02. The van der Waals surface area contributed by atoms with E-state index in [1.165, 1.54) is 31.9 Å². The molecule has 0 saturated carbocycles. The summed E-state index contributed by atoms with van der Waals surface area (Å²) < 4.78 is 61.1. The Balaban J connectivity index is 0.000000156. The number of aliphatic hydroxyl groups excluding tert-OH is 1. The van der Waals surface area contributed by atoms with Crippen molar-refractivity contribution in [1.29, 1.82) is 0 Å². The molecule has 6 aromatic rings. The maximum atomic E-state index is 12.8. The summed E-state index contributed by atoms with van der Waals surface area (Å²) in [5.41, 5.74) is 3.18. The Labute approximate surface area is 306 Å². The fraction of sp³-hybridized carbons (Fsp3) is 0.268. The van der Waals surface area contributed by atoms with Crippen LogP contribution in [0.15, 0.2) is 136 Å². The van der Waals surface area contributed by atoms with Crippen LogP contribution in [0.2, 0.25) is 0 Å². The first-order valence-corrected chi connectivity index (χ1v) is 20.4. The SMILES string of the molecule is C1CCOC1.C=Cc1cccc2[nH]cc(S(=O)(=O)c3ccccc3)c12.CC1CCCO1.O=S(=O)(c1ccccc1)c1c[nH]c2cccc(CCO)c12. The van der Waals surface area contributed by atoms with Gasteiger partial charge in [-0.05, 0) is 86.6 Å². The van der Waals surface area contributed by atoms with Gasteiger partial charge < -0.3 is 24.5 Å². The summed E-state index contributed by atoms with van der Waals surface area (Å²) in [4.78, 5) is 7.12. The molecular formula is C41H46N2O7S2. The highest BCUT2D eigenvalue weighted by atomic mass is 32.2. The van der Waals surface area contributed by atoms with E-state index in [1.54, 1.807) is 72.9 Å². The minimum atomic E-state index is -3.58. The maximum absolute atomic E-state index is 12.8. The van der Waals surface area contributed by atoms with Gasteiger partial charge in [-0.15, -0.1) is 0 Å². The standard InChI is InChI=1S/C16H15NO3S.C16H13NO2S.C5H10O.C4H8O/c18-10-9-12-5-4-8-14-16(12)15(11-17-14)21(19,20)13-6-2-1-3-7-13;1-2-12-7-6-10-14-16(12)15(11-17-14)20(18,19)13-8-4-3-5-9-13;1-5-3-2-4-6-5;1-2-4-5-3-1/h1-8,11,17-18H,9-10H2;2-11,17H,1H2;5H,2-4H2,1H3;1-4H2. The number of fused-ring (bicyclic) bond motifs is 2. The van der Waals surface area contributed by atoms with E-state index < -0.39 is 19.7 Å². The van der Waals surface area contributed by atoms with Gasteiger partial charge in [-0.3, -0.25) is 0 Å². The molecule has 1 atom stereocenters. The highest BCUT2D eigenvalue weighted by molar-refractivity contribution is 7.92. The van der Waals surface area contributed by atoms with Gasteiger partial charge in [0, 0.05) is 60.6 Å². The monoisotopic (exact) mass is 742 g/mol. The Morgan fingerprint density at radius 3 is 1.69 bits per heavy atom. The second kappa shape index (κ2) is 18.3. The molecule has 4 aromatic carbocycles. The molecule has 2 saturated heterocycles. The average molecular weight is 743 g/mol. The van der Waals surface area contributed by atoms with Crippen LogP contribution >= 0.6 is 0 Å². The normalized spacial score (nSPS) is 15.5. The van der Waals surface area contributed by atoms with Crippen LogP contribution in [0.3, 0.4) is 0 Å². The molecule has 0 spiro atoms. The summed E-state index contributed by atoms with van der Waals surface area (Å²) in [6.07, 6.45) is 10.8. The van der Waals surface area contributed by atoms with Crippen LogP contribution in [0.5, 0.6) is 0 Å². The molecule has 2 fully saturated rings. The molecule has 4 heterocycles. The van der Waals surface area contributed by atoms with Crippen molar-refractivity contribution in [3.8, 4) is 0 Å². The van der Waals surface area contributed by atoms with Crippen LogP contribution in [0.25, 0.3) is 27.9 Å². The van der Waals surface area contributed by atoms with Crippen molar-refractivity contribution in [1.82, 2.24) is 9.97 Å². The number of benzene rings is 4. The van der Waals surface area contributed by atoms with E-state index in [0.717, 1.165) is 42.0 Å². The van der Waals surface area contributed by atoms with Crippen molar-refractivity contribution >= 4 is 47.6 Å². The summed E-state index contributed by atoms with van der Waals surface area (Å²) in [7, 11) is -7.11. The van der Waals surface area contributed by atoms with Crippen molar-refractivity contribution in [2.24, 2.45) is 0 Å². The van der Waals surface area contributed by atoms with Crippen molar-refractivity contribution < 1.29 is 31.4 Å². The number of rotatable bonds is 7. The van der Waals surface area contributed by atoms with Gasteiger partial charge in [0.15, 0.2) is 0 Å². The lowest BCUT2D eigenvalue weighted by molar-refractivity contribution is 0.125. The second-order valence-corrected chi connectivity index (χ2v) is 16.2. The van der Waals surface area contributed by atoms with Crippen LogP contribution in [0.1, 0.15) is 43.7 Å². The number of hydrogen-bond donors (Lipinski definition) is 3. The third kappa shape index (κ3) is 9.28. The zero-order chi connectivity index (χ0) is 37.0. The predicted molar refractivity (Wildman–Crippen MR) is 206 cm³/mol. The number of aromatic nitrogens is 2. The number of ether oxygens (including phenoxy) is 2. The first-order valence-electron chi connectivity index (χ1n) is 17.4. The predicted octanol–water partition coefficient (Wildman–Crippen LogP) is 8.16. The van der Waals surface area contributed by atoms with E-state index >= 15 is 0 Å². The minimum Gasteiger partial charge on any atom is -0.396 e. The van der Waals surface area contributed by atoms with Crippen molar-refractivity contribution in [2.75, 3.05) is 26.4 Å². The fourth-order valence-corrected chi connectivity index (χ4v) is 9.01. The lowest BCUT2D eigenvalue weighted by Gasteiger charge is -2.06. The highest BCUT2D eigenvalue weighted by Crippen LogP contribution is 2.32. The van der Waals surface area contributed by atoms with Gasteiger partial charge >= 0.3 is 0 Å². The number of nitrogens with one attached hydrogen (secondary N) is 2. The molecule has 0 radical (unpaired) electrons.